The number of carboxylic acids is 1. The van der Waals surface area contributed by atoms with Crippen molar-refractivity contribution in [2.75, 3.05) is 6.54 Å². The lowest BCUT2D eigenvalue weighted by Gasteiger charge is -2.16. The molecule has 6 nitrogen and oxygen atoms in total. The number of thiophene rings is 1. The van der Waals surface area contributed by atoms with Crippen LogP contribution < -0.4 is 10.6 Å². The molecule has 1 aromatic rings. The van der Waals surface area contributed by atoms with Gasteiger partial charge in [0.1, 0.15) is 6.04 Å². The number of carboxylic acid groups (broad SMARTS) is 1. The molecule has 0 aliphatic heterocycles. The van der Waals surface area contributed by atoms with Crippen LogP contribution in [0.15, 0.2) is 17.5 Å². The molecule has 1 rings (SSSR count). The van der Waals surface area contributed by atoms with Gasteiger partial charge in [0.2, 0.25) is 11.8 Å². The summed E-state index contributed by atoms with van der Waals surface area (Å²) in [6.07, 6.45) is 1.30. The second kappa shape index (κ2) is 9.19. The summed E-state index contributed by atoms with van der Waals surface area (Å²) in [5.41, 5.74) is 0. The highest BCUT2D eigenvalue weighted by molar-refractivity contribution is 7.09. The summed E-state index contributed by atoms with van der Waals surface area (Å²) in [6.45, 7) is 3.56. The van der Waals surface area contributed by atoms with Crippen molar-refractivity contribution in [2.45, 2.75) is 39.2 Å². The molecule has 122 valence electrons. The molecule has 1 heterocycles. The first kappa shape index (κ1) is 18.2. The van der Waals surface area contributed by atoms with E-state index < -0.39 is 17.9 Å². The Morgan fingerprint density at radius 1 is 1.27 bits per heavy atom. The van der Waals surface area contributed by atoms with Gasteiger partial charge in [0.15, 0.2) is 0 Å². The van der Waals surface area contributed by atoms with Crippen LogP contribution in [-0.4, -0.2) is 35.5 Å². The summed E-state index contributed by atoms with van der Waals surface area (Å²) >= 11 is 1.58. The van der Waals surface area contributed by atoms with Crippen LogP contribution in [0.5, 0.6) is 0 Å². The minimum Gasteiger partial charge on any atom is -0.480 e. The zero-order chi connectivity index (χ0) is 16.5. The Labute approximate surface area is 133 Å². The smallest absolute Gasteiger partial charge is 0.326 e. The third-order valence-electron chi connectivity index (χ3n) is 2.97. The highest BCUT2D eigenvalue weighted by atomic mass is 32.1. The first-order valence-corrected chi connectivity index (χ1v) is 8.07. The fourth-order valence-corrected chi connectivity index (χ4v) is 2.61. The van der Waals surface area contributed by atoms with E-state index in [1.807, 2.05) is 31.4 Å². The van der Waals surface area contributed by atoms with Gasteiger partial charge in [0.25, 0.3) is 0 Å². The number of carbonyl (C=O) groups excluding carboxylic acids is 2. The zero-order valence-electron chi connectivity index (χ0n) is 12.8. The number of aliphatic carboxylic acids is 1. The van der Waals surface area contributed by atoms with Crippen LogP contribution in [0, 0.1) is 5.92 Å². The highest BCUT2D eigenvalue weighted by Gasteiger charge is 2.21. The van der Waals surface area contributed by atoms with E-state index in [0.717, 1.165) is 4.88 Å². The molecule has 0 spiro atoms. The van der Waals surface area contributed by atoms with E-state index in [4.69, 9.17) is 5.11 Å². The van der Waals surface area contributed by atoms with E-state index in [9.17, 15) is 14.4 Å². The van der Waals surface area contributed by atoms with Crippen molar-refractivity contribution in [3.8, 4) is 0 Å². The van der Waals surface area contributed by atoms with Crippen LogP contribution in [0.4, 0.5) is 0 Å². The lowest BCUT2D eigenvalue weighted by molar-refractivity contribution is -0.142. The topological polar surface area (TPSA) is 95.5 Å². The summed E-state index contributed by atoms with van der Waals surface area (Å²) in [6, 6.07) is 2.95. The van der Waals surface area contributed by atoms with Gasteiger partial charge in [-0.3, -0.25) is 9.59 Å². The van der Waals surface area contributed by atoms with E-state index >= 15 is 0 Å². The number of hydrogen-bond donors (Lipinski definition) is 3. The van der Waals surface area contributed by atoms with Crippen molar-refractivity contribution in [1.29, 1.82) is 0 Å². The molecular weight excluding hydrogens is 304 g/mol. The molecule has 0 aliphatic rings. The normalized spacial score (nSPS) is 12.0. The molecule has 22 heavy (non-hydrogen) atoms. The van der Waals surface area contributed by atoms with Gasteiger partial charge in [-0.25, -0.2) is 4.79 Å². The number of nitrogens with one attached hydrogen (secondary N) is 2. The van der Waals surface area contributed by atoms with Crippen molar-refractivity contribution in [3.05, 3.63) is 22.4 Å². The minimum absolute atomic E-state index is 0.154. The fourth-order valence-electron chi connectivity index (χ4n) is 1.90. The van der Waals surface area contributed by atoms with Gasteiger partial charge in [-0.15, -0.1) is 11.3 Å². The van der Waals surface area contributed by atoms with E-state index in [2.05, 4.69) is 10.6 Å². The van der Waals surface area contributed by atoms with E-state index in [1.165, 1.54) is 0 Å². The van der Waals surface area contributed by atoms with Gasteiger partial charge >= 0.3 is 5.97 Å². The minimum atomic E-state index is -1.06. The molecule has 0 aliphatic carbocycles. The molecule has 0 aromatic carbocycles. The van der Waals surface area contributed by atoms with Crippen molar-refractivity contribution in [1.82, 2.24) is 10.6 Å². The van der Waals surface area contributed by atoms with Crippen molar-refractivity contribution >= 4 is 29.1 Å². The summed E-state index contributed by atoms with van der Waals surface area (Å²) in [5.74, 6) is -1.62. The average molecular weight is 326 g/mol. The zero-order valence-corrected chi connectivity index (χ0v) is 13.6. The van der Waals surface area contributed by atoms with Crippen molar-refractivity contribution < 1.29 is 19.5 Å². The van der Waals surface area contributed by atoms with Crippen LogP contribution in [-0.2, 0) is 20.8 Å². The van der Waals surface area contributed by atoms with Crippen molar-refractivity contribution in [3.63, 3.8) is 0 Å². The maximum Gasteiger partial charge on any atom is 0.326 e. The maximum atomic E-state index is 11.7. The molecular formula is C15H22N2O4S. The SMILES string of the molecule is CC(C)C[C@H](NC(=O)CNC(=O)CCc1cccs1)C(=O)O. The summed E-state index contributed by atoms with van der Waals surface area (Å²) < 4.78 is 0. The van der Waals surface area contributed by atoms with Gasteiger partial charge in [-0.2, -0.15) is 0 Å². The average Bonchev–Trinajstić information content (AvgIpc) is 2.94. The molecule has 0 fully saturated rings. The third kappa shape index (κ3) is 7.21. The molecule has 2 amide bonds. The van der Waals surface area contributed by atoms with Gasteiger partial charge in [0.05, 0.1) is 6.54 Å². The number of aryl methyl sites for hydroxylation is 1. The summed E-state index contributed by atoms with van der Waals surface area (Å²) in [5, 5.41) is 15.9. The molecule has 7 heteroatoms. The van der Waals surface area contributed by atoms with Crippen LogP contribution >= 0.6 is 11.3 Å². The van der Waals surface area contributed by atoms with Gasteiger partial charge < -0.3 is 15.7 Å². The Bertz CT molecular complexity index is 500. The fraction of sp³-hybridized carbons (Fsp3) is 0.533. The number of amides is 2. The number of rotatable bonds is 9. The molecule has 0 saturated carbocycles. The van der Waals surface area contributed by atoms with Crippen LogP contribution in [0.25, 0.3) is 0 Å². The van der Waals surface area contributed by atoms with Gasteiger partial charge in [0, 0.05) is 11.3 Å². The highest BCUT2D eigenvalue weighted by Crippen LogP contribution is 2.10. The third-order valence-corrected chi connectivity index (χ3v) is 3.90. The molecule has 3 N–H and O–H groups in total. The second-order valence-corrected chi connectivity index (χ2v) is 6.48. The standard InChI is InChI=1S/C15H22N2O4S/c1-10(2)8-12(15(20)21)17-14(19)9-16-13(18)6-5-11-4-3-7-22-11/h3-4,7,10,12H,5-6,8-9H2,1-2H3,(H,16,18)(H,17,19)(H,20,21)/t12-/m0/s1. The van der Waals surface area contributed by atoms with Gasteiger partial charge in [-0.05, 0) is 30.2 Å². The second-order valence-electron chi connectivity index (χ2n) is 5.44. The summed E-state index contributed by atoms with van der Waals surface area (Å²) in [7, 11) is 0. The van der Waals surface area contributed by atoms with Crippen LogP contribution in [0.2, 0.25) is 0 Å². The van der Waals surface area contributed by atoms with E-state index in [-0.39, 0.29) is 18.4 Å². The van der Waals surface area contributed by atoms with Crippen LogP contribution in [0.1, 0.15) is 31.6 Å². The first-order chi connectivity index (χ1) is 10.4. The molecule has 0 saturated heterocycles. The Morgan fingerprint density at radius 2 is 2.00 bits per heavy atom. The van der Waals surface area contributed by atoms with E-state index in [0.29, 0.717) is 19.3 Å². The predicted molar refractivity (Wildman–Crippen MR) is 84.7 cm³/mol. The van der Waals surface area contributed by atoms with E-state index in [1.54, 1.807) is 11.3 Å². The Morgan fingerprint density at radius 3 is 2.55 bits per heavy atom. The Hall–Kier alpha value is -1.89. The predicted octanol–water partition coefficient (Wildman–Crippen LogP) is 1.41. The number of hydrogen-bond acceptors (Lipinski definition) is 4. The monoisotopic (exact) mass is 326 g/mol. The quantitative estimate of drug-likeness (QED) is 0.639. The van der Waals surface area contributed by atoms with Crippen LogP contribution in [0.3, 0.4) is 0 Å². The number of carbonyl (C=O) groups is 3. The molecule has 1 atom stereocenters. The molecule has 0 radical (unpaired) electrons. The molecule has 0 unspecified atom stereocenters. The first-order valence-electron chi connectivity index (χ1n) is 7.19. The lowest BCUT2D eigenvalue weighted by Crippen LogP contribution is -2.46. The maximum absolute atomic E-state index is 11.7. The Kier molecular flexibility index (Phi) is 7.59. The molecule has 0 bridgehead atoms. The summed E-state index contributed by atoms with van der Waals surface area (Å²) in [4.78, 5) is 35.5. The van der Waals surface area contributed by atoms with Gasteiger partial charge in [-0.1, -0.05) is 19.9 Å². The molecule has 1 aromatic heterocycles. The lowest BCUT2D eigenvalue weighted by atomic mass is 10.0. The largest absolute Gasteiger partial charge is 0.480 e. The van der Waals surface area contributed by atoms with Crippen molar-refractivity contribution in [2.24, 2.45) is 5.92 Å². The Balaban J connectivity index is 2.28.